The third-order valence-corrected chi connectivity index (χ3v) is 5.71. The molecular formula is C22H25N5O3. The predicted molar refractivity (Wildman–Crippen MR) is 114 cm³/mol. The standard InChI is InChI=1S/C22H25N5O3/c1-25-19-17(21(29)26(2)22(25)30)8-9-18(24-19)20(28)23-16-10-12-27(13-11-16)14-15-6-4-3-5-7-15/h3-9,16H,10-14H2,1-2H3,(H,23,28). The SMILES string of the molecule is Cn1c(=O)c2ccc(C(=O)NC3CCN(Cc4ccccc4)CC3)nc2n(C)c1=O. The fourth-order valence-corrected chi connectivity index (χ4v) is 3.92. The van der Waals surface area contributed by atoms with Crippen LogP contribution in [0.3, 0.4) is 0 Å². The number of piperidine rings is 1. The molecule has 0 saturated carbocycles. The quantitative estimate of drug-likeness (QED) is 0.698. The van der Waals surface area contributed by atoms with Crippen LogP contribution < -0.4 is 16.6 Å². The van der Waals surface area contributed by atoms with Gasteiger partial charge in [-0.2, -0.15) is 0 Å². The molecule has 156 valence electrons. The van der Waals surface area contributed by atoms with Gasteiger partial charge in [-0.1, -0.05) is 30.3 Å². The molecule has 8 heteroatoms. The minimum absolute atomic E-state index is 0.0782. The van der Waals surface area contributed by atoms with Crippen molar-refractivity contribution >= 4 is 16.9 Å². The van der Waals surface area contributed by atoms with Crippen LogP contribution in [-0.2, 0) is 20.6 Å². The van der Waals surface area contributed by atoms with Gasteiger partial charge in [-0.05, 0) is 30.5 Å². The summed E-state index contributed by atoms with van der Waals surface area (Å²) in [5.41, 5.74) is 0.824. The Kier molecular flexibility index (Phi) is 5.50. The van der Waals surface area contributed by atoms with E-state index < -0.39 is 11.2 Å². The number of aryl methyl sites for hydroxylation is 1. The number of carbonyl (C=O) groups is 1. The van der Waals surface area contributed by atoms with Gasteiger partial charge in [0.15, 0.2) is 0 Å². The molecule has 8 nitrogen and oxygen atoms in total. The van der Waals surface area contributed by atoms with Crippen LogP contribution in [0.2, 0.25) is 0 Å². The first-order chi connectivity index (χ1) is 14.4. The lowest BCUT2D eigenvalue weighted by Gasteiger charge is -2.32. The Morgan fingerprint density at radius 3 is 2.43 bits per heavy atom. The largest absolute Gasteiger partial charge is 0.348 e. The van der Waals surface area contributed by atoms with Crippen molar-refractivity contribution in [1.29, 1.82) is 0 Å². The van der Waals surface area contributed by atoms with Gasteiger partial charge in [0, 0.05) is 39.8 Å². The number of nitrogens with one attached hydrogen (secondary N) is 1. The molecule has 1 aliphatic heterocycles. The molecule has 0 spiro atoms. The van der Waals surface area contributed by atoms with Gasteiger partial charge in [0.1, 0.15) is 11.3 Å². The number of fused-ring (bicyclic) bond motifs is 1. The Labute approximate surface area is 173 Å². The van der Waals surface area contributed by atoms with Gasteiger partial charge in [-0.25, -0.2) is 9.78 Å². The van der Waals surface area contributed by atoms with E-state index in [2.05, 4.69) is 27.3 Å². The van der Waals surface area contributed by atoms with Crippen molar-refractivity contribution < 1.29 is 4.79 Å². The number of likely N-dealkylation sites (tertiary alicyclic amines) is 1. The highest BCUT2D eigenvalue weighted by molar-refractivity contribution is 5.94. The van der Waals surface area contributed by atoms with Crippen molar-refractivity contribution in [3.05, 3.63) is 74.6 Å². The molecular weight excluding hydrogens is 382 g/mol. The van der Waals surface area contributed by atoms with Gasteiger partial charge in [0.2, 0.25) is 0 Å². The Morgan fingerprint density at radius 2 is 1.73 bits per heavy atom. The third-order valence-electron chi connectivity index (χ3n) is 5.71. The van der Waals surface area contributed by atoms with Crippen LogP contribution in [0.4, 0.5) is 0 Å². The van der Waals surface area contributed by atoms with E-state index in [-0.39, 0.29) is 23.3 Å². The van der Waals surface area contributed by atoms with Gasteiger partial charge >= 0.3 is 5.69 Å². The fraction of sp³-hybridized carbons (Fsp3) is 0.364. The van der Waals surface area contributed by atoms with Crippen molar-refractivity contribution in [2.75, 3.05) is 13.1 Å². The second kappa shape index (κ2) is 8.23. The Hall–Kier alpha value is -3.26. The first-order valence-corrected chi connectivity index (χ1v) is 10.1. The van der Waals surface area contributed by atoms with Crippen LogP contribution >= 0.6 is 0 Å². The molecule has 1 fully saturated rings. The summed E-state index contributed by atoms with van der Waals surface area (Å²) in [6.07, 6.45) is 1.73. The lowest BCUT2D eigenvalue weighted by molar-refractivity contribution is 0.0904. The number of hydrogen-bond donors (Lipinski definition) is 1. The molecule has 1 saturated heterocycles. The summed E-state index contributed by atoms with van der Waals surface area (Å²) in [7, 11) is 2.97. The van der Waals surface area contributed by atoms with E-state index in [1.54, 1.807) is 13.1 Å². The molecule has 2 aromatic heterocycles. The Balaban J connectivity index is 1.43. The summed E-state index contributed by atoms with van der Waals surface area (Å²) in [5.74, 6) is -0.286. The molecule has 4 rings (SSSR count). The van der Waals surface area contributed by atoms with E-state index in [0.29, 0.717) is 5.39 Å². The topological polar surface area (TPSA) is 89.2 Å². The van der Waals surface area contributed by atoms with Crippen LogP contribution in [-0.4, -0.2) is 44.1 Å². The average molecular weight is 407 g/mol. The van der Waals surface area contributed by atoms with Crippen molar-refractivity contribution in [2.24, 2.45) is 14.1 Å². The molecule has 1 aromatic carbocycles. The molecule has 0 bridgehead atoms. The highest BCUT2D eigenvalue weighted by Gasteiger charge is 2.22. The molecule has 1 amide bonds. The second-order valence-electron chi connectivity index (χ2n) is 7.78. The minimum Gasteiger partial charge on any atom is -0.348 e. The lowest BCUT2D eigenvalue weighted by atomic mass is 10.0. The summed E-state index contributed by atoms with van der Waals surface area (Å²) in [4.78, 5) is 43.8. The molecule has 0 aliphatic carbocycles. The van der Waals surface area contributed by atoms with Crippen LogP contribution in [0, 0.1) is 0 Å². The highest BCUT2D eigenvalue weighted by Crippen LogP contribution is 2.15. The summed E-state index contributed by atoms with van der Waals surface area (Å²) in [6.45, 7) is 2.74. The Morgan fingerprint density at radius 1 is 1.03 bits per heavy atom. The van der Waals surface area contributed by atoms with Gasteiger partial charge in [0.25, 0.3) is 11.5 Å². The number of benzene rings is 1. The monoisotopic (exact) mass is 407 g/mol. The molecule has 1 aliphatic rings. The molecule has 3 aromatic rings. The van der Waals surface area contributed by atoms with E-state index >= 15 is 0 Å². The zero-order valence-corrected chi connectivity index (χ0v) is 17.2. The Bertz CT molecular complexity index is 1190. The first kappa shape index (κ1) is 20.0. The average Bonchev–Trinajstić information content (AvgIpc) is 2.78. The van der Waals surface area contributed by atoms with E-state index in [1.807, 2.05) is 18.2 Å². The maximum Gasteiger partial charge on any atom is 0.332 e. The van der Waals surface area contributed by atoms with Gasteiger partial charge in [-0.15, -0.1) is 0 Å². The van der Waals surface area contributed by atoms with E-state index in [4.69, 9.17) is 0 Å². The van der Waals surface area contributed by atoms with Crippen molar-refractivity contribution in [2.45, 2.75) is 25.4 Å². The maximum atomic E-state index is 12.7. The summed E-state index contributed by atoms with van der Waals surface area (Å²) < 4.78 is 2.32. The van der Waals surface area contributed by atoms with Crippen LogP contribution in [0.25, 0.3) is 11.0 Å². The van der Waals surface area contributed by atoms with Crippen LogP contribution in [0.1, 0.15) is 28.9 Å². The highest BCUT2D eigenvalue weighted by atomic mass is 16.2. The predicted octanol–water partition coefficient (Wildman–Crippen LogP) is 1.03. The third kappa shape index (κ3) is 3.91. The molecule has 0 atom stereocenters. The molecule has 1 N–H and O–H groups in total. The molecule has 30 heavy (non-hydrogen) atoms. The van der Waals surface area contributed by atoms with E-state index in [9.17, 15) is 14.4 Å². The van der Waals surface area contributed by atoms with Crippen LogP contribution in [0.15, 0.2) is 52.1 Å². The van der Waals surface area contributed by atoms with Gasteiger partial charge < -0.3 is 5.32 Å². The number of aromatic nitrogens is 3. The minimum atomic E-state index is -0.469. The number of hydrogen-bond acceptors (Lipinski definition) is 5. The molecule has 3 heterocycles. The van der Waals surface area contributed by atoms with Crippen molar-refractivity contribution in [1.82, 2.24) is 24.3 Å². The number of pyridine rings is 1. The van der Waals surface area contributed by atoms with E-state index in [1.165, 1.54) is 23.2 Å². The first-order valence-electron chi connectivity index (χ1n) is 10.1. The number of nitrogens with zero attached hydrogens (tertiary/aromatic N) is 4. The van der Waals surface area contributed by atoms with Crippen LogP contribution in [0.5, 0.6) is 0 Å². The van der Waals surface area contributed by atoms with Crippen molar-refractivity contribution in [3.8, 4) is 0 Å². The number of amides is 1. The zero-order valence-electron chi connectivity index (χ0n) is 17.2. The normalized spacial score (nSPS) is 15.4. The van der Waals surface area contributed by atoms with Gasteiger partial charge in [0.05, 0.1) is 5.39 Å². The molecule has 0 radical (unpaired) electrons. The molecule has 0 unspecified atom stereocenters. The van der Waals surface area contributed by atoms with Crippen molar-refractivity contribution in [3.63, 3.8) is 0 Å². The van der Waals surface area contributed by atoms with Gasteiger partial charge in [-0.3, -0.25) is 23.6 Å². The number of carbonyl (C=O) groups excluding carboxylic acids is 1. The second-order valence-corrected chi connectivity index (χ2v) is 7.78. The zero-order chi connectivity index (χ0) is 21.3. The fourth-order valence-electron chi connectivity index (χ4n) is 3.92. The number of rotatable bonds is 4. The summed E-state index contributed by atoms with van der Waals surface area (Å²) >= 11 is 0. The maximum absolute atomic E-state index is 12.7. The lowest BCUT2D eigenvalue weighted by Crippen LogP contribution is -2.44. The van der Waals surface area contributed by atoms with E-state index in [0.717, 1.165) is 37.0 Å². The summed E-state index contributed by atoms with van der Waals surface area (Å²) in [6, 6.07) is 13.5. The smallest absolute Gasteiger partial charge is 0.332 e. The summed E-state index contributed by atoms with van der Waals surface area (Å²) in [5, 5.41) is 3.36.